The maximum atomic E-state index is 11.7. The van der Waals surface area contributed by atoms with Gasteiger partial charge in [-0.15, -0.1) is 0 Å². The molecule has 0 aromatic carbocycles. The molecular weight excluding hydrogens is 220 g/mol. The lowest BCUT2D eigenvalue weighted by Crippen LogP contribution is -2.43. The normalized spacial score (nSPS) is 19.9. The number of nitrogens with zero attached hydrogens (tertiary/aromatic N) is 2. The first-order valence-corrected chi connectivity index (χ1v) is 5.63. The third-order valence-corrected chi connectivity index (χ3v) is 2.49. The van der Waals surface area contributed by atoms with Gasteiger partial charge in [-0.25, -0.2) is 9.97 Å². The molecule has 1 atom stereocenters. The van der Waals surface area contributed by atoms with Crippen LogP contribution in [0.15, 0.2) is 12.4 Å². The fourth-order valence-electron chi connectivity index (χ4n) is 1.64. The number of aryl methyl sites for hydroxylation is 1. The first kappa shape index (κ1) is 11.9. The minimum Gasteiger partial charge on any atom is -0.378 e. The summed E-state index contributed by atoms with van der Waals surface area (Å²) >= 11 is 0. The SMILES string of the molecule is Cc1ncc(NC(=O)CC2COCCN2)cn1. The fourth-order valence-corrected chi connectivity index (χ4v) is 1.64. The quantitative estimate of drug-likeness (QED) is 0.778. The lowest BCUT2D eigenvalue weighted by molar-refractivity contribution is -0.117. The second kappa shape index (κ2) is 5.70. The van der Waals surface area contributed by atoms with Crippen molar-refractivity contribution in [3.8, 4) is 0 Å². The van der Waals surface area contributed by atoms with Crippen LogP contribution in [0.4, 0.5) is 5.69 Å². The van der Waals surface area contributed by atoms with E-state index in [1.165, 1.54) is 0 Å². The molecular formula is C11H16N4O2. The number of nitrogens with one attached hydrogen (secondary N) is 2. The lowest BCUT2D eigenvalue weighted by atomic mass is 10.2. The standard InChI is InChI=1S/C11H16N4O2/c1-8-13-5-10(6-14-8)15-11(16)4-9-7-17-3-2-12-9/h5-6,9,12H,2-4,7H2,1H3,(H,15,16). The van der Waals surface area contributed by atoms with E-state index in [1.54, 1.807) is 19.3 Å². The van der Waals surface area contributed by atoms with E-state index in [1.807, 2.05) is 0 Å². The van der Waals surface area contributed by atoms with Crippen LogP contribution in [-0.2, 0) is 9.53 Å². The van der Waals surface area contributed by atoms with Crippen molar-refractivity contribution in [1.29, 1.82) is 0 Å². The zero-order valence-electron chi connectivity index (χ0n) is 9.77. The first-order chi connectivity index (χ1) is 8.24. The van der Waals surface area contributed by atoms with Crippen molar-refractivity contribution in [3.05, 3.63) is 18.2 Å². The third kappa shape index (κ3) is 3.76. The average molecular weight is 236 g/mol. The van der Waals surface area contributed by atoms with Gasteiger partial charge in [0.1, 0.15) is 5.82 Å². The number of carbonyl (C=O) groups is 1. The van der Waals surface area contributed by atoms with E-state index in [-0.39, 0.29) is 11.9 Å². The Morgan fingerprint density at radius 3 is 3.00 bits per heavy atom. The Kier molecular flexibility index (Phi) is 4.00. The van der Waals surface area contributed by atoms with Crippen molar-refractivity contribution < 1.29 is 9.53 Å². The number of aromatic nitrogens is 2. The summed E-state index contributed by atoms with van der Waals surface area (Å²) in [5.74, 6) is 0.630. The van der Waals surface area contributed by atoms with Crippen molar-refractivity contribution in [2.24, 2.45) is 0 Å². The Morgan fingerprint density at radius 2 is 2.35 bits per heavy atom. The Labute approximate surface area is 99.8 Å². The van der Waals surface area contributed by atoms with Gasteiger partial charge < -0.3 is 15.4 Å². The van der Waals surface area contributed by atoms with Crippen molar-refractivity contribution in [1.82, 2.24) is 15.3 Å². The Balaban J connectivity index is 1.82. The number of rotatable bonds is 3. The number of morpholine rings is 1. The van der Waals surface area contributed by atoms with Crippen LogP contribution in [0, 0.1) is 6.92 Å². The van der Waals surface area contributed by atoms with Crippen molar-refractivity contribution in [2.75, 3.05) is 25.1 Å². The summed E-state index contributed by atoms with van der Waals surface area (Å²) in [4.78, 5) is 19.7. The summed E-state index contributed by atoms with van der Waals surface area (Å²) in [5.41, 5.74) is 0.623. The van der Waals surface area contributed by atoms with Crippen molar-refractivity contribution in [3.63, 3.8) is 0 Å². The molecule has 2 rings (SSSR count). The first-order valence-electron chi connectivity index (χ1n) is 5.63. The third-order valence-electron chi connectivity index (χ3n) is 2.49. The zero-order valence-corrected chi connectivity index (χ0v) is 9.77. The Bertz CT molecular complexity index is 374. The van der Waals surface area contributed by atoms with Crippen LogP contribution in [0.3, 0.4) is 0 Å². The van der Waals surface area contributed by atoms with Gasteiger partial charge in [0.2, 0.25) is 5.91 Å². The van der Waals surface area contributed by atoms with Gasteiger partial charge in [-0.3, -0.25) is 4.79 Å². The molecule has 6 nitrogen and oxygen atoms in total. The van der Waals surface area contributed by atoms with Crippen molar-refractivity contribution in [2.45, 2.75) is 19.4 Å². The summed E-state index contributed by atoms with van der Waals surface area (Å²) in [6, 6.07) is 0.0927. The molecule has 0 bridgehead atoms. The zero-order chi connectivity index (χ0) is 12.1. The highest BCUT2D eigenvalue weighted by Gasteiger charge is 2.16. The topological polar surface area (TPSA) is 76.1 Å². The predicted molar refractivity (Wildman–Crippen MR) is 62.6 cm³/mol. The molecule has 2 heterocycles. The van der Waals surface area contributed by atoms with Gasteiger partial charge in [-0.2, -0.15) is 0 Å². The van der Waals surface area contributed by atoms with E-state index >= 15 is 0 Å². The van der Waals surface area contributed by atoms with Crippen LogP contribution in [0.25, 0.3) is 0 Å². The van der Waals surface area contributed by atoms with E-state index in [2.05, 4.69) is 20.6 Å². The molecule has 0 radical (unpaired) electrons. The van der Waals surface area contributed by atoms with Gasteiger partial charge >= 0.3 is 0 Å². The molecule has 1 aliphatic heterocycles. The molecule has 1 amide bonds. The minimum absolute atomic E-state index is 0.0551. The monoisotopic (exact) mass is 236 g/mol. The number of ether oxygens (including phenoxy) is 1. The summed E-state index contributed by atoms with van der Waals surface area (Å²) < 4.78 is 5.28. The molecule has 0 aliphatic carbocycles. The number of anilines is 1. The number of amides is 1. The molecule has 1 saturated heterocycles. The van der Waals surface area contributed by atoms with E-state index in [0.29, 0.717) is 31.1 Å². The molecule has 1 fully saturated rings. The highest BCUT2D eigenvalue weighted by atomic mass is 16.5. The lowest BCUT2D eigenvalue weighted by Gasteiger charge is -2.23. The van der Waals surface area contributed by atoms with Crippen LogP contribution in [0.1, 0.15) is 12.2 Å². The number of hydrogen-bond acceptors (Lipinski definition) is 5. The molecule has 0 spiro atoms. The molecule has 1 aliphatic rings. The van der Waals surface area contributed by atoms with E-state index in [4.69, 9.17) is 4.74 Å². The van der Waals surface area contributed by atoms with Crippen LogP contribution in [-0.4, -0.2) is 41.7 Å². The summed E-state index contributed by atoms with van der Waals surface area (Å²) in [5, 5.41) is 5.98. The van der Waals surface area contributed by atoms with Crippen LogP contribution in [0.5, 0.6) is 0 Å². The summed E-state index contributed by atoms with van der Waals surface area (Å²) in [6.07, 6.45) is 3.60. The van der Waals surface area contributed by atoms with E-state index in [9.17, 15) is 4.79 Å². The van der Waals surface area contributed by atoms with E-state index < -0.39 is 0 Å². The fraction of sp³-hybridized carbons (Fsp3) is 0.545. The van der Waals surface area contributed by atoms with E-state index in [0.717, 1.165) is 6.54 Å². The van der Waals surface area contributed by atoms with Gasteiger partial charge in [0.15, 0.2) is 0 Å². The second-order valence-electron chi connectivity index (χ2n) is 4.00. The number of carbonyl (C=O) groups excluding carboxylic acids is 1. The molecule has 1 aromatic heterocycles. The van der Waals surface area contributed by atoms with Gasteiger partial charge in [0.05, 0.1) is 31.3 Å². The Hall–Kier alpha value is -1.53. The molecule has 1 aromatic rings. The average Bonchev–Trinajstić information content (AvgIpc) is 2.33. The molecule has 2 N–H and O–H groups in total. The van der Waals surface area contributed by atoms with Crippen LogP contribution in [0.2, 0.25) is 0 Å². The molecule has 92 valence electrons. The highest BCUT2D eigenvalue weighted by molar-refractivity contribution is 5.90. The highest BCUT2D eigenvalue weighted by Crippen LogP contribution is 2.05. The molecule has 6 heteroatoms. The maximum absolute atomic E-state index is 11.7. The maximum Gasteiger partial charge on any atom is 0.226 e. The van der Waals surface area contributed by atoms with Crippen molar-refractivity contribution >= 4 is 11.6 Å². The number of hydrogen-bond donors (Lipinski definition) is 2. The van der Waals surface area contributed by atoms with Gasteiger partial charge in [0.25, 0.3) is 0 Å². The Morgan fingerprint density at radius 1 is 1.59 bits per heavy atom. The predicted octanol–water partition coefficient (Wildman–Crippen LogP) is 0.102. The largest absolute Gasteiger partial charge is 0.378 e. The van der Waals surface area contributed by atoms with Crippen LogP contribution < -0.4 is 10.6 Å². The van der Waals surface area contributed by atoms with Gasteiger partial charge in [0, 0.05) is 19.0 Å². The summed E-state index contributed by atoms with van der Waals surface area (Å²) in [6.45, 7) is 3.89. The molecule has 0 saturated carbocycles. The van der Waals surface area contributed by atoms with Gasteiger partial charge in [-0.1, -0.05) is 0 Å². The summed E-state index contributed by atoms with van der Waals surface area (Å²) in [7, 11) is 0. The van der Waals surface area contributed by atoms with Gasteiger partial charge in [-0.05, 0) is 6.92 Å². The second-order valence-corrected chi connectivity index (χ2v) is 4.00. The molecule has 1 unspecified atom stereocenters. The molecule has 17 heavy (non-hydrogen) atoms. The minimum atomic E-state index is -0.0551. The smallest absolute Gasteiger partial charge is 0.226 e. The van der Waals surface area contributed by atoms with Crippen LogP contribution >= 0.6 is 0 Å².